The number of hydrogen-bond acceptors (Lipinski definition) is 4. The van der Waals surface area contributed by atoms with Crippen molar-refractivity contribution in [3.05, 3.63) is 90.0 Å². The zero-order chi connectivity index (χ0) is 21.3. The van der Waals surface area contributed by atoms with Crippen LogP contribution < -0.4 is 14.8 Å². The SMILES string of the molecule is COc1cc(CN(C)[C@@H](C)C(=O)Nc2ccccc2)ccc1OCc1ccccc1. The van der Waals surface area contributed by atoms with Gasteiger partial charge in [-0.25, -0.2) is 0 Å². The molecular formula is C25H28N2O3. The molecule has 0 saturated heterocycles. The van der Waals surface area contributed by atoms with E-state index in [1.54, 1.807) is 7.11 Å². The molecule has 5 nitrogen and oxygen atoms in total. The molecule has 0 saturated carbocycles. The molecule has 0 aromatic heterocycles. The Morgan fingerprint density at radius 2 is 1.60 bits per heavy atom. The van der Waals surface area contributed by atoms with E-state index in [0.29, 0.717) is 24.7 Å². The first-order valence-corrected chi connectivity index (χ1v) is 9.96. The topological polar surface area (TPSA) is 50.8 Å². The minimum absolute atomic E-state index is 0.0431. The summed E-state index contributed by atoms with van der Waals surface area (Å²) in [6, 6.07) is 25.1. The first-order valence-electron chi connectivity index (χ1n) is 9.96. The lowest BCUT2D eigenvalue weighted by atomic mass is 10.1. The molecule has 0 spiro atoms. The van der Waals surface area contributed by atoms with Crippen molar-refractivity contribution in [2.24, 2.45) is 0 Å². The van der Waals surface area contributed by atoms with Gasteiger partial charge in [-0.2, -0.15) is 0 Å². The van der Waals surface area contributed by atoms with E-state index in [2.05, 4.69) is 5.32 Å². The Bertz CT molecular complexity index is 945. The zero-order valence-corrected chi connectivity index (χ0v) is 17.7. The monoisotopic (exact) mass is 404 g/mol. The van der Waals surface area contributed by atoms with Crippen LogP contribution in [0, 0.1) is 0 Å². The van der Waals surface area contributed by atoms with Crippen LogP contribution in [0.4, 0.5) is 5.69 Å². The second-order valence-corrected chi connectivity index (χ2v) is 7.21. The largest absolute Gasteiger partial charge is 0.493 e. The van der Waals surface area contributed by atoms with Crippen LogP contribution in [0.3, 0.4) is 0 Å². The molecule has 5 heteroatoms. The lowest BCUT2D eigenvalue weighted by Crippen LogP contribution is -2.39. The number of para-hydroxylation sites is 1. The van der Waals surface area contributed by atoms with Gasteiger partial charge in [0.2, 0.25) is 5.91 Å². The maximum Gasteiger partial charge on any atom is 0.241 e. The summed E-state index contributed by atoms with van der Waals surface area (Å²) in [7, 11) is 3.57. The summed E-state index contributed by atoms with van der Waals surface area (Å²) >= 11 is 0. The summed E-state index contributed by atoms with van der Waals surface area (Å²) in [5.41, 5.74) is 2.94. The second-order valence-electron chi connectivity index (χ2n) is 7.21. The fourth-order valence-corrected chi connectivity index (χ4v) is 3.06. The van der Waals surface area contributed by atoms with Crippen LogP contribution in [0.15, 0.2) is 78.9 Å². The van der Waals surface area contributed by atoms with Crippen molar-refractivity contribution in [3.63, 3.8) is 0 Å². The van der Waals surface area contributed by atoms with E-state index in [1.807, 2.05) is 97.7 Å². The van der Waals surface area contributed by atoms with Crippen molar-refractivity contribution >= 4 is 11.6 Å². The Kier molecular flexibility index (Phi) is 7.46. The highest BCUT2D eigenvalue weighted by atomic mass is 16.5. The van der Waals surface area contributed by atoms with Crippen LogP contribution in [0.5, 0.6) is 11.5 Å². The van der Waals surface area contributed by atoms with Crippen LogP contribution in [-0.2, 0) is 17.9 Å². The third kappa shape index (κ3) is 5.84. The summed E-state index contributed by atoms with van der Waals surface area (Å²) in [6.45, 7) is 2.98. The Hall–Kier alpha value is -3.31. The van der Waals surface area contributed by atoms with E-state index in [1.165, 1.54) is 0 Å². The van der Waals surface area contributed by atoms with Crippen LogP contribution in [0.25, 0.3) is 0 Å². The van der Waals surface area contributed by atoms with Crippen molar-refractivity contribution in [2.45, 2.75) is 26.1 Å². The number of rotatable bonds is 9. The lowest BCUT2D eigenvalue weighted by Gasteiger charge is -2.24. The Morgan fingerprint density at radius 3 is 2.27 bits per heavy atom. The van der Waals surface area contributed by atoms with Gasteiger partial charge in [-0.1, -0.05) is 54.6 Å². The van der Waals surface area contributed by atoms with Crippen molar-refractivity contribution in [3.8, 4) is 11.5 Å². The number of carbonyl (C=O) groups excluding carboxylic acids is 1. The zero-order valence-electron chi connectivity index (χ0n) is 17.7. The standard InChI is InChI=1S/C25H28N2O3/c1-19(25(28)26-22-12-8-5-9-13-22)27(2)17-21-14-15-23(24(16-21)29-3)30-18-20-10-6-4-7-11-20/h4-16,19H,17-18H2,1-3H3,(H,26,28)/t19-/m0/s1. The van der Waals surface area contributed by atoms with Crippen LogP contribution in [0.1, 0.15) is 18.1 Å². The minimum atomic E-state index is -0.287. The molecular weight excluding hydrogens is 376 g/mol. The van der Waals surface area contributed by atoms with E-state index in [4.69, 9.17) is 9.47 Å². The average Bonchev–Trinajstić information content (AvgIpc) is 2.78. The number of nitrogens with one attached hydrogen (secondary N) is 1. The summed E-state index contributed by atoms with van der Waals surface area (Å²) in [6.07, 6.45) is 0. The fraction of sp³-hybridized carbons (Fsp3) is 0.240. The number of benzene rings is 3. The Balaban J connectivity index is 1.60. The van der Waals surface area contributed by atoms with Crippen molar-refractivity contribution < 1.29 is 14.3 Å². The van der Waals surface area contributed by atoms with Gasteiger partial charge >= 0.3 is 0 Å². The molecule has 3 rings (SSSR count). The average molecular weight is 405 g/mol. The van der Waals surface area contributed by atoms with Crippen LogP contribution >= 0.6 is 0 Å². The van der Waals surface area contributed by atoms with Gasteiger partial charge in [-0.3, -0.25) is 9.69 Å². The number of likely N-dealkylation sites (N-methyl/N-ethyl adjacent to an activating group) is 1. The number of carbonyl (C=O) groups is 1. The van der Waals surface area contributed by atoms with E-state index in [9.17, 15) is 4.79 Å². The molecule has 0 aliphatic carbocycles. The summed E-state index contributed by atoms with van der Waals surface area (Å²) in [4.78, 5) is 14.5. The molecule has 0 heterocycles. The van der Waals surface area contributed by atoms with Gasteiger partial charge in [0.05, 0.1) is 13.2 Å². The minimum Gasteiger partial charge on any atom is -0.493 e. The molecule has 30 heavy (non-hydrogen) atoms. The third-order valence-electron chi connectivity index (χ3n) is 4.98. The van der Waals surface area contributed by atoms with Crippen molar-refractivity contribution in [1.82, 2.24) is 4.90 Å². The number of hydrogen-bond donors (Lipinski definition) is 1. The van der Waals surface area contributed by atoms with Gasteiger partial charge in [0.25, 0.3) is 0 Å². The molecule has 3 aromatic carbocycles. The van der Waals surface area contributed by atoms with Gasteiger partial charge in [-0.15, -0.1) is 0 Å². The summed E-state index contributed by atoms with van der Waals surface area (Å²) in [5.74, 6) is 1.33. The first-order chi connectivity index (χ1) is 14.6. The molecule has 0 aliphatic heterocycles. The fourth-order valence-electron chi connectivity index (χ4n) is 3.06. The summed E-state index contributed by atoms with van der Waals surface area (Å²) in [5, 5.41) is 2.95. The number of anilines is 1. The van der Waals surface area contributed by atoms with E-state index in [0.717, 1.165) is 16.8 Å². The van der Waals surface area contributed by atoms with Crippen LogP contribution in [0.2, 0.25) is 0 Å². The first kappa shape index (κ1) is 21.4. The second kappa shape index (κ2) is 10.5. The van der Waals surface area contributed by atoms with Crippen molar-refractivity contribution in [1.29, 1.82) is 0 Å². The van der Waals surface area contributed by atoms with Gasteiger partial charge in [0, 0.05) is 12.2 Å². The molecule has 0 aliphatic rings. The van der Waals surface area contributed by atoms with Gasteiger partial charge in [-0.05, 0) is 49.4 Å². The Morgan fingerprint density at radius 1 is 0.933 bits per heavy atom. The van der Waals surface area contributed by atoms with Gasteiger partial charge in [0.1, 0.15) is 6.61 Å². The molecule has 0 unspecified atom stereocenters. The van der Waals surface area contributed by atoms with E-state index >= 15 is 0 Å². The number of ether oxygens (including phenoxy) is 2. The van der Waals surface area contributed by atoms with E-state index < -0.39 is 0 Å². The molecule has 1 N–H and O–H groups in total. The molecule has 1 atom stereocenters. The summed E-state index contributed by atoms with van der Waals surface area (Å²) < 4.78 is 11.4. The smallest absolute Gasteiger partial charge is 0.241 e. The molecule has 156 valence electrons. The molecule has 0 fully saturated rings. The Labute approximate surface area is 178 Å². The number of nitrogens with zero attached hydrogens (tertiary/aromatic N) is 1. The van der Waals surface area contributed by atoms with Crippen molar-refractivity contribution in [2.75, 3.05) is 19.5 Å². The number of methoxy groups -OCH3 is 1. The molecule has 0 radical (unpaired) electrons. The predicted octanol–water partition coefficient (Wildman–Crippen LogP) is 4.73. The maximum atomic E-state index is 12.5. The number of amides is 1. The van der Waals surface area contributed by atoms with Gasteiger partial charge < -0.3 is 14.8 Å². The molecule has 1 amide bonds. The third-order valence-corrected chi connectivity index (χ3v) is 4.98. The van der Waals surface area contributed by atoms with Gasteiger partial charge in [0.15, 0.2) is 11.5 Å². The highest BCUT2D eigenvalue weighted by molar-refractivity contribution is 5.94. The predicted molar refractivity (Wildman–Crippen MR) is 120 cm³/mol. The van der Waals surface area contributed by atoms with E-state index in [-0.39, 0.29) is 11.9 Å². The molecule has 3 aromatic rings. The highest BCUT2D eigenvalue weighted by Gasteiger charge is 2.19. The van der Waals surface area contributed by atoms with Crippen LogP contribution in [-0.4, -0.2) is 31.0 Å². The highest BCUT2D eigenvalue weighted by Crippen LogP contribution is 2.29. The normalized spacial score (nSPS) is 11.7. The lowest BCUT2D eigenvalue weighted by molar-refractivity contribution is -0.120. The maximum absolute atomic E-state index is 12.5. The molecule has 0 bridgehead atoms. The quantitative estimate of drug-likeness (QED) is 0.560.